The number of ketones is 3. The van der Waals surface area contributed by atoms with Gasteiger partial charge in [0.05, 0.1) is 62.1 Å². The second-order valence-corrected chi connectivity index (χ2v) is 17.5. The van der Waals surface area contributed by atoms with Gasteiger partial charge >= 0.3 is 0 Å². The summed E-state index contributed by atoms with van der Waals surface area (Å²) >= 11 is 18.3. The number of halogens is 4. The minimum Gasteiger partial charge on any atom is -0.454 e. The molecular weight excluding hydrogens is 1010 g/mol. The third kappa shape index (κ3) is 16.8. The molecule has 19 heteroatoms. The number of Topliss-reactive ketones (excluding diaryl/α,β-unsaturated/α-hetero) is 3. The van der Waals surface area contributed by atoms with Crippen LogP contribution in [-0.4, -0.2) is 62.2 Å². The zero-order chi connectivity index (χ0) is 52.4. The number of nitrogens with zero attached hydrogens (tertiary/aromatic N) is 9. The van der Waals surface area contributed by atoms with Gasteiger partial charge < -0.3 is 14.2 Å². The van der Waals surface area contributed by atoms with Gasteiger partial charge in [0, 0.05) is 61.2 Å². The number of ether oxygens (including phenoxy) is 3. The van der Waals surface area contributed by atoms with Gasteiger partial charge in [-0.3, -0.25) is 29.3 Å². The molecule has 74 heavy (non-hydrogen) atoms. The molecule has 9 rings (SSSR count). The summed E-state index contributed by atoms with van der Waals surface area (Å²) in [6.45, 7) is 5.32. The van der Waals surface area contributed by atoms with E-state index in [2.05, 4.69) is 44.9 Å². The number of aryl methyl sites for hydroxylation is 2. The lowest BCUT2D eigenvalue weighted by Crippen LogP contribution is -2.07. The van der Waals surface area contributed by atoms with Crippen molar-refractivity contribution >= 4 is 52.2 Å². The van der Waals surface area contributed by atoms with Crippen LogP contribution in [0.3, 0.4) is 0 Å². The van der Waals surface area contributed by atoms with Gasteiger partial charge in [0.1, 0.15) is 42.4 Å². The summed E-state index contributed by atoms with van der Waals surface area (Å²) in [4.78, 5) is 73.5. The van der Waals surface area contributed by atoms with E-state index in [1.165, 1.54) is 63.1 Å². The van der Waals surface area contributed by atoms with Crippen LogP contribution in [0.25, 0.3) is 0 Å². The third-order valence-corrected chi connectivity index (χ3v) is 10.8. The van der Waals surface area contributed by atoms with Gasteiger partial charge in [-0.1, -0.05) is 46.9 Å². The van der Waals surface area contributed by atoms with Crippen LogP contribution in [0.15, 0.2) is 166 Å². The van der Waals surface area contributed by atoms with Gasteiger partial charge in [-0.05, 0) is 117 Å². The van der Waals surface area contributed by atoms with E-state index in [9.17, 15) is 18.8 Å². The standard InChI is InChI=1S/C19H15ClFN3O2.2C18H14ClN3O2/c1-12(21)18-4-2-3-15(24-18)8-19(25)13-5-14(20)7-16(6-13)26-17-9-22-11-23-10-17;1-12-2-3-15(22-8-12)7-18(23)13-4-14(19)6-16(5-13)24-17-9-20-11-21-10-17;1-12-2-3-22-15(4-12)8-18(23)13-5-14(19)7-16(6-13)24-17-9-20-11-21-10-17/h2-7,9-12H,8H2,1H3;2-6,8-11H,7H2,1H3;2-7,9-11H,8H2,1H3. The average Bonchev–Trinajstić information content (AvgIpc) is 3.38. The molecule has 0 N–H and O–H groups in total. The van der Waals surface area contributed by atoms with Crippen LogP contribution in [0.2, 0.25) is 15.1 Å². The number of hydrogen-bond acceptors (Lipinski definition) is 15. The Morgan fingerprint density at radius 2 is 0.905 bits per heavy atom. The van der Waals surface area contributed by atoms with Gasteiger partial charge in [0.15, 0.2) is 34.6 Å². The average molecular weight is 1050 g/mol. The number of benzene rings is 3. The topological polar surface area (TPSA) is 195 Å². The fourth-order valence-corrected chi connectivity index (χ4v) is 7.36. The summed E-state index contributed by atoms with van der Waals surface area (Å²) in [7, 11) is 0. The highest BCUT2D eigenvalue weighted by Crippen LogP contribution is 2.29. The van der Waals surface area contributed by atoms with Crippen LogP contribution in [0, 0.1) is 13.8 Å². The zero-order valence-electron chi connectivity index (χ0n) is 39.8. The van der Waals surface area contributed by atoms with Crippen molar-refractivity contribution in [3.8, 4) is 34.5 Å². The second kappa shape index (κ2) is 26.3. The molecule has 15 nitrogen and oxygen atoms in total. The van der Waals surface area contributed by atoms with Crippen molar-refractivity contribution in [2.45, 2.75) is 46.2 Å². The summed E-state index contributed by atoms with van der Waals surface area (Å²) in [5, 5.41) is 1.20. The van der Waals surface area contributed by atoms with Crippen LogP contribution in [-0.2, 0) is 19.3 Å². The van der Waals surface area contributed by atoms with Crippen molar-refractivity contribution in [2.24, 2.45) is 0 Å². The maximum atomic E-state index is 13.4. The highest BCUT2D eigenvalue weighted by atomic mass is 35.5. The summed E-state index contributed by atoms with van der Waals surface area (Å²) in [5.41, 5.74) is 5.66. The van der Waals surface area contributed by atoms with Crippen LogP contribution < -0.4 is 14.2 Å². The van der Waals surface area contributed by atoms with E-state index in [0.717, 1.165) is 16.8 Å². The molecule has 0 radical (unpaired) electrons. The Bertz CT molecular complexity index is 3350. The number of carbonyl (C=O) groups is 3. The number of aromatic nitrogens is 9. The molecule has 0 aliphatic carbocycles. The quantitative estimate of drug-likeness (QED) is 0.0828. The van der Waals surface area contributed by atoms with Crippen LogP contribution in [0.4, 0.5) is 4.39 Å². The van der Waals surface area contributed by atoms with E-state index >= 15 is 0 Å². The van der Waals surface area contributed by atoms with Crippen molar-refractivity contribution < 1.29 is 33.0 Å². The molecule has 0 saturated heterocycles. The molecule has 0 spiro atoms. The van der Waals surface area contributed by atoms with E-state index in [1.54, 1.807) is 85.2 Å². The number of rotatable bonds is 16. The minimum absolute atomic E-state index is 0.0365. The van der Waals surface area contributed by atoms with E-state index in [0.29, 0.717) is 83.3 Å². The lowest BCUT2D eigenvalue weighted by atomic mass is 10.1. The lowest BCUT2D eigenvalue weighted by Gasteiger charge is -2.08. The van der Waals surface area contributed by atoms with E-state index in [4.69, 9.17) is 49.0 Å². The first-order valence-electron chi connectivity index (χ1n) is 22.4. The van der Waals surface area contributed by atoms with E-state index < -0.39 is 6.17 Å². The predicted octanol–water partition coefficient (Wildman–Crippen LogP) is 12.9. The fourth-order valence-electron chi connectivity index (χ4n) is 6.69. The Morgan fingerprint density at radius 1 is 0.473 bits per heavy atom. The third-order valence-electron chi connectivity index (χ3n) is 10.1. The fraction of sp³-hybridized carbons (Fsp3) is 0.127. The van der Waals surface area contributed by atoms with Crippen molar-refractivity contribution in [2.75, 3.05) is 0 Å². The van der Waals surface area contributed by atoms with Gasteiger partial charge in [0.2, 0.25) is 0 Å². The van der Waals surface area contributed by atoms with Crippen LogP contribution in [0.5, 0.6) is 34.5 Å². The molecule has 0 bridgehead atoms. The molecular formula is C55H43Cl3FN9O6. The molecule has 1 atom stereocenters. The van der Waals surface area contributed by atoms with E-state index in [-0.39, 0.29) is 36.6 Å². The normalized spacial score (nSPS) is 10.9. The highest BCUT2D eigenvalue weighted by Gasteiger charge is 2.16. The van der Waals surface area contributed by atoms with Gasteiger partial charge in [-0.15, -0.1) is 0 Å². The van der Waals surface area contributed by atoms with Crippen LogP contribution in [0.1, 0.15) is 78.1 Å². The number of carbonyl (C=O) groups excluding carboxylic acids is 3. The smallest absolute Gasteiger partial charge is 0.169 e. The lowest BCUT2D eigenvalue weighted by molar-refractivity contribution is 0.0983. The first-order valence-corrected chi connectivity index (χ1v) is 23.6. The maximum absolute atomic E-state index is 13.4. The molecule has 0 saturated carbocycles. The minimum atomic E-state index is -1.19. The SMILES string of the molecule is CC(F)c1cccc(CC(=O)c2cc(Cl)cc(Oc3cncnc3)c2)n1.Cc1ccc(CC(=O)c2cc(Cl)cc(Oc3cncnc3)c2)nc1.Cc1ccnc(CC(=O)c2cc(Cl)cc(Oc3cncnc3)c2)c1. The number of pyridine rings is 3. The Kier molecular flexibility index (Phi) is 19.0. The van der Waals surface area contributed by atoms with Crippen molar-refractivity contribution in [3.05, 3.63) is 231 Å². The Labute approximate surface area is 439 Å². The van der Waals surface area contributed by atoms with Crippen LogP contribution >= 0.6 is 34.8 Å². The largest absolute Gasteiger partial charge is 0.454 e. The molecule has 1 unspecified atom stereocenters. The summed E-state index contributed by atoms with van der Waals surface area (Å²) < 4.78 is 30.3. The Hall–Kier alpha value is -8.44. The molecule has 9 aromatic rings. The molecule has 3 aromatic carbocycles. The number of hydrogen-bond donors (Lipinski definition) is 0. The first kappa shape index (κ1) is 53.4. The molecule has 0 aliphatic rings. The molecule has 6 aromatic heterocycles. The molecule has 6 heterocycles. The highest BCUT2D eigenvalue weighted by molar-refractivity contribution is 6.32. The molecule has 0 aliphatic heterocycles. The Morgan fingerprint density at radius 3 is 1.31 bits per heavy atom. The predicted molar refractivity (Wildman–Crippen MR) is 276 cm³/mol. The molecule has 372 valence electrons. The summed E-state index contributed by atoms with van der Waals surface area (Å²) in [6.07, 6.45) is 16.0. The molecule has 0 amide bonds. The van der Waals surface area contributed by atoms with Crippen molar-refractivity contribution in [1.29, 1.82) is 0 Å². The Balaban J connectivity index is 0.000000162. The zero-order valence-corrected chi connectivity index (χ0v) is 42.0. The first-order chi connectivity index (χ1) is 35.7. The van der Waals surface area contributed by atoms with Gasteiger partial charge in [-0.2, -0.15) is 0 Å². The van der Waals surface area contributed by atoms with Gasteiger partial charge in [0.25, 0.3) is 0 Å². The number of alkyl halides is 1. The summed E-state index contributed by atoms with van der Waals surface area (Å²) in [6, 6.07) is 27.1. The second-order valence-electron chi connectivity index (χ2n) is 16.2. The maximum Gasteiger partial charge on any atom is 0.169 e. The summed E-state index contributed by atoms with van der Waals surface area (Å²) in [5.74, 6) is 2.33. The monoisotopic (exact) mass is 1050 g/mol. The van der Waals surface area contributed by atoms with E-state index in [1.807, 2.05) is 38.1 Å². The van der Waals surface area contributed by atoms with Gasteiger partial charge in [-0.25, -0.2) is 34.3 Å². The van der Waals surface area contributed by atoms with Crippen molar-refractivity contribution in [1.82, 2.24) is 44.9 Å². The van der Waals surface area contributed by atoms with Crippen molar-refractivity contribution in [3.63, 3.8) is 0 Å². The molecule has 0 fully saturated rings.